The summed E-state index contributed by atoms with van der Waals surface area (Å²) in [4.78, 5) is 25.2. The lowest BCUT2D eigenvalue weighted by Gasteiger charge is -2.12. The van der Waals surface area contributed by atoms with Crippen molar-refractivity contribution < 1.29 is 18.7 Å². The number of ether oxygens (including phenoxy) is 1. The van der Waals surface area contributed by atoms with Crippen molar-refractivity contribution in [2.45, 2.75) is 6.54 Å². The van der Waals surface area contributed by atoms with Gasteiger partial charge in [0.15, 0.2) is 6.61 Å². The van der Waals surface area contributed by atoms with Crippen molar-refractivity contribution in [2.24, 2.45) is 0 Å². The summed E-state index contributed by atoms with van der Waals surface area (Å²) in [5.74, 6) is 1.60. The van der Waals surface area contributed by atoms with E-state index in [2.05, 4.69) is 10.6 Å². The number of carbonyl (C=O) groups excluding carboxylic acids is 2. The third kappa shape index (κ3) is 6.79. The fraction of sp³-hybridized carbons (Fsp3) is 0.217. The molecular formula is C23H24ClN3O4. The predicted octanol–water partition coefficient (Wildman–Crippen LogP) is 3.80. The maximum absolute atomic E-state index is 12.2. The van der Waals surface area contributed by atoms with Crippen LogP contribution in [-0.2, 0) is 16.1 Å². The lowest BCUT2D eigenvalue weighted by Crippen LogP contribution is -2.29. The molecular weight excluding hydrogens is 418 g/mol. The van der Waals surface area contributed by atoms with Gasteiger partial charge in [-0.2, -0.15) is 0 Å². The van der Waals surface area contributed by atoms with Crippen molar-refractivity contribution in [3.8, 4) is 17.1 Å². The van der Waals surface area contributed by atoms with E-state index in [0.717, 1.165) is 5.56 Å². The minimum Gasteiger partial charge on any atom is -0.484 e. The Bertz CT molecular complexity index is 1030. The second kappa shape index (κ2) is 10.5. The van der Waals surface area contributed by atoms with E-state index in [1.165, 1.54) is 4.90 Å². The number of nitrogens with zero attached hydrogens (tertiary/aromatic N) is 1. The second-order valence-electron chi connectivity index (χ2n) is 7.01. The number of halogens is 1. The van der Waals surface area contributed by atoms with E-state index in [9.17, 15) is 9.59 Å². The average molecular weight is 442 g/mol. The molecule has 0 unspecified atom stereocenters. The van der Waals surface area contributed by atoms with Crippen LogP contribution in [0.15, 0.2) is 65.1 Å². The smallest absolute Gasteiger partial charge is 0.259 e. The van der Waals surface area contributed by atoms with Gasteiger partial charge in [-0.05, 0) is 48.5 Å². The van der Waals surface area contributed by atoms with Gasteiger partial charge in [-0.1, -0.05) is 17.7 Å². The molecule has 0 aliphatic carbocycles. The van der Waals surface area contributed by atoms with Gasteiger partial charge in [0.05, 0.1) is 13.1 Å². The van der Waals surface area contributed by atoms with E-state index in [-0.39, 0.29) is 31.5 Å². The van der Waals surface area contributed by atoms with E-state index in [1.54, 1.807) is 44.4 Å². The highest BCUT2D eigenvalue weighted by molar-refractivity contribution is 6.30. The van der Waals surface area contributed by atoms with Crippen molar-refractivity contribution in [3.63, 3.8) is 0 Å². The molecule has 0 bridgehead atoms. The van der Waals surface area contributed by atoms with Gasteiger partial charge in [0.1, 0.15) is 17.3 Å². The molecule has 0 aliphatic heterocycles. The molecule has 7 nitrogen and oxygen atoms in total. The summed E-state index contributed by atoms with van der Waals surface area (Å²) in [5.41, 5.74) is 1.63. The summed E-state index contributed by atoms with van der Waals surface area (Å²) in [6.45, 7) is 0.326. The average Bonchev–Trinajstić information content (AvgIpc) is 3.24. The van der Waals surface area contributed by atoms with Gasteiger partial charge < -0.3 is 24.7 Å². The van der Waals surface area contributed by atoms with Crippen molar-refractivity contribution in [1.29, 1.82) is 0 Å². The number of benzene rings is 2. The van der Waals surface area contributed by atoms with Crippen molar-refractivity contribution in [3.05, 3.63) is 71.4 Å². The first-order valence-corrected chi connectivity index (χ1v) is 10.1. The minimum atomic E-state index is -0.182. The molecule has 2 amide bonds. The zero-order valence-electron chi connectivity index (χ0n) is 17.4. The number of furan rings is 1. The highest BCUT2D eigenvalue weighted by Crippen LogP contribution is 2.23. The third-order valence-electron chi connectivity index (χ3n) is 4.40. The molecule has 1 heterocycles. The van der Waals surface area contributed by atoms with Crippen LogP contribution in [-0.4, -0.2) is 44.0 Å². The molecule has 0 radical (unpaired) electrons. The summed E-state index contributed by atoms with van der Waals surface area (Å²) < 4.78 is 11.3. The monoisotopic (exact) mass is 441 g/mol. The highest BCUT2D eigenvalue weighted by atomic mass is 35.5. The number of hydrogen-bond acceptors (Lipinski definition) is 5. The lowest BCUT2D eigenvalue weighted by atomic mass is 10.2. The number of anilines is 1. The Hall–Kier alpha value is -3.45. The number of rotatable bonds is 9. The Morgan fingerprint density at radius 1 is 1.06 bits per heavy atom. The number of nitrogens with one attached hydrogen (secondary N) is 2. The zero-order valence-corrected chi connectivity index (χ0v) is 18.1. The minimum absolute atomic E-state index is 0.0436. The first-order chi connectivity index (χ1) is 14.9. The molecule has 0 saturated heterocycles. The molecule has 162 valence electrons. The Morgan fingerprint density at radius 2 is 1.84 bits per heavy atom. The third-order valence-corrected chi connectivity index (χ3v) is 4.65. The molecule has 31 heavy (non-hydrogen) atoms. The second-order valence-corrected chi connectivity index (χ2v) is 7.44. The maximum Gasteiger partial charge on any atom is 0.259 e. The van der Waals surface area contributed by atoms with Gasteiger partial charge in [-0.3, -0.25) is 9.59 Å². The maximum atomic E-state index is 12.2. The molecule has 0 fully saturated rings. The van der Waals surface area contributed by atoms with Crippen LogP contribution in [0, 0.1) is 0 Å². The quantitative estimate of drug-likeness (QED) is 0.527. The van der Waals surface area contributed by atoms with E-state index in [1.807, 2.05) is 30.3 Å². The van der Waals surface area contributed by atoms with E-state index in [4.69, 9.17) is 20.8 Å². The number of hydrogen-bond donors (Lipinski definition) is 2. The topological polar surface area (TPSA) is 83.8 Å². The van der Waals surface area contributed by atoms with Crippen LogP contribution in [0.4, 0.5) is 5.69 Å². The molecule has 3 rings (SSSR count). The van der Waals surface area contributed by atoms with Crippen LogP contribution in [0.2, 0.25) is 5.02 Å². The van der Waals surface area contributed by atoms with E-state index >= 15 is 0 Å². The molecule has 8 heteroatoms. The Balaban J connectivity index is 1.45. The Labute approximate surface area is 185 Å². The molecule has 0 atom stereocenters. The van der Waals surface area contributed by atoms with Crippen LogP contribution in [0.25, 0.3) is 11.3 Å². The van der Waals surface area contributed by atoms with Gasteiger partial charge in [-0.15, -0.1) is 0 Å². The SMILES string of the molecule is CN(C)C(=O)COc1cccc(NCC(=O)NCc2ccc(-c3ccc(Cl)cc3)o2)c1. The molecule has 0 aliphatic rings. The zero-order chi connectivity index (χ0) is 22.2. The largest absolute Gasteiger partial charge is 0.484 e. The van der Waals surface area contributed by atoms with E-state index in [0.29, 0.717) is 28.0 Å². The Kier molecular flexibility index (Phi) is 7.56. The molecule has 3 aromatic rings. The van der Waals surface area contributed by atoms with Crippen molar-refractivity contribution in [1.82, 2.24) is 10.2 Å². The molecule has 1 aromatic heterocycles. The van der Waals surface area contributed by atoms with E-state index < -0.39 is 0 Å². The van der Waals surface area contributed by atoms with Gasteiger partial charge in [0.2, 0.25) is 5.91 Å². The van der Waals surface area contributed by atoms with Gasteiger partial charge in [0, 0.05) is 36.4 Å². The number of carbonyl (C=O) groups is 2. The standard InChI is InChI=1S/C23H24ClN3O4/c1-27(2)23(29)15-30-19-5-3-4-18(12-19)25-14-22(28)26-13-20-10-11-21(31-20)16-6-8-17(24)9-7-16/h3-12,25H,13-15H2,1-2H3,(H,26,28). The van der Waals surface area contributed by atoms with Crippen LogP contribution in [0.3, 0.4) is 0 Å². The molecule has 0 spiro atoms. The lowest BCUT2D eigenvalue weighted by molar-refractivity contribution is -0.130. The summed E-state index contributed by atoms with van der Waals surface area (Å²) in [6, 6.07) is 18.1. The predicted molar refractivity (Wildman–Crippen MR) is 120 cm³/mol. The van der Waals surface area contributed by atoms with Crippen LogP contribution < -0.4 is 15.4 Å². The van der Waals surface area contributed by atoms with Gasteiger partial charge in [-0.25, -0.2) is 0 Å². The van der Waals surface area contributed by atoms with Crippen LogP contribution in [0.5, 0.6) is 5.75 Å². The fourth-order valence-corrected chi connectivity index (χ4v) is 2.77. The van der Waals surface area contributed by atoms with Crippen LogP contribution >= 0.6 is 11.6 Å². The molecule has 2 aromatic carbocycles. The van der Waals surface area contributed by atoms with Gasteiger partial charge in [0.25, 0.3) is 5.91 Å². The number of likely N-dealkylation sites (N-methyl/N-ethyl adjacent to an activating group) is 1. The van der Waals surface area contributed by atoms with Crippen molar-refractivity contribution >= 4 is 29.1 Å². The summed E-state index contributed by atoms with van der Waals surface area (Å²) in [7, 11) is 3.34. The first-order valence-electron chi connectivity index (χ1n) is 9.69. The number of amides is 2. The summed E-state index contributed by atoms with van der Waals surface area (Å²) in [6.07, 6.45) is 0. The Morgan fingerprint density at radius 3 is 2.58 bits per heavy atom. The molecule has 2 N–H and O–H groups in total. The normalized spacial score (nSPS) is 10.4. The molecule has 0 saturated carbocycles. The summed E-state index contributed by atoms with van der Waals surface area (Å²) >= 11 is 5.90. The van der Waals surface area contributed by atoms with Crippen molar-refractivity contribution in [2.75, 3.05) is 32.6 Å². The fourth-order valence-electron chi connectivity index (χ4n) is 2.64. The summed E-state index contributed by atoms with van der Waals surface area (Å²) in [5, 5.41) is 6.51. The highest BCUT2D eigenvalue weighted by Gasteiger charge is 2.08. The van der Waals surface area contributed by atoms with Gasteiger partial charge >= 0.3 is 0 Å². The first kappa shape index (κ1) is 22.2. The van der Waals surface area contributed by atoms with Crippen LogP contribution in [0.1, 0.15) is 5.76 Å².